The molecule has 0 bridgehead atoms. The van der Waals surface area contributed by atoms with Crippen molar-refractivity contribution >= 4 is 33.1 Å². The summed E-state index contributed by atoms with van der Waals surface area (Å²) in [6, 6.07) is 17.3. The number of fused-ring (bicyclic) bond motifs is 1. The topological polar surface area (TPSA) is 50.3 Å². The molecule has 2 aromatic carbocycles. The van der Waals surface area contributed by atoms with Crippen molar-refractivity contribution in [2.45, 2.75) is 19.1 Å². The van der Waals surface area contributed by atoms with E-state index in [1.54, 1.807) is 17.4 Å². The summed E-state index contributed by atoms with van der Waals surface area (Å²) in [5.41, 5.74) is 0.817. The molecule has 1 aliphatic rings. The molecule has 5 nitrogen and oxygen atoms in total. The fraction of sp³-hybridized carbons (Fsp3) is 0.280. The highest BCUT2D eigenvalue weighted by atomic mass is 32.1. The molecule has 1 N–H and O–H groups in total. The zero-order chi connectivity index (χ0) is 23.5. The number of halogens is 3. The summed E-state index contributed by atoms with van der Waals surface area (Å²) in [5, 5.41) is 3.93. The molecule has 0 amide bonds. The average molecular weight is 485 g/mol. The minimum Gasteiger partial charge on any atom is -0.379 e. The molecule has 0 aliphatic carbocycles. The van der Waals surface area contributed by atoms with Crippen LogP contribution < -0.4 is 5.32 Å². The fourth-order valence-corrected chi connectivity index (χ4v) is 5.02. The first-order chi connectivity index (χ1) is 16.4. The van der Waals surface area contributed by atoms with E-state index in [2.05, 4.69) is 22.3 Å². The van der Waals surface area contributed by atoms with Crippen LogP contribution in [0.25, 0.3) is 10.2 Å². The Morgan fingerprint density at radius 2 is 1.76 bits per heavy atom. The van der Waals surface area contributed by atoms with Gasteiger partial charge in [-0.2, -0.15) is 13.2 Å². The van der Waals surface area contributed by atoms with Crippen molar-refractivity contribution in [2.75, 3.05) is 31.6 Å². The van der Waals surface area contributed by atoms with Crippen LogP contribution in [0.3, 0.4) is 0 Å². The summed E-state index contributed by atoms with van der Waals surface area (Å²) < 4.78 is 45.1. The van der Waals surface area contributed by atoms with E-state index < -0.39 is 11.7 Å². The number of rotatable bonds is 6. The van der Waals surface area contributed by atoms with Crippen LogP contribution in [0.1, 0.15) is 21.8 Å². The molecule has 3 heterocycles. The number of anilines is 2. The molecule has 0 spiro atoms. The minimum atomic E-state index is -4.41. The zero-order valence-electron chi connectivity index (χ0n) is 18.3. The molecular formula is C25H23F3N4OS. The van der Waals surface area contributed by atoms with Crippen LogP contribution in [0.4, 0.5) is 24.7 Å². The summed E-state index contributed by atoms with van der Waals surface area (Å²) in [5.74, 6) is 1.15. The lowest BCUT2D eigenvalue weighted by Gasteiger charge is -2.25. The van der Waals surface area contributed by atoms with Crippen molar-refractivity contribution in [3.05, 3.63) is 82.5 Å². The predicted molar refractivity (Wildman–Crippen MR) is 127 cm³/mol. The smallest absolute Gasteiger partial charge is 0.379 e. The van der Waals surface area contributed by atoms with Crippen LogP contribution in [-0.2, 0) is 23.9 Å². The van der Waals surface area contributed by atoms with Crippen molar-refractivity contribution in [3.63, 3.8) is 0 Å². The maximum atomic E-state index is 13.2. The number of morpholine rings is 1. The van der Waals surface area contributed by atoms with E-state index in [-0.39, 0.29) is 0 Å². The molecule has 2 aromatic heterocycles. The number of alkyl halides is 3. The van der Waals surface area contributed by atoms with E-state index in [0.29, 0.717) is 37.1 Å². The molecule has 1 saturated heterocycles. The molecule has 0 atom stereocenters. The van der Waals surface area contributed by atoms with Gasteiger partial charge in [0.2, 0.25) is 0 Å². The Hall–Kier alpha value is -3.01. The molecule has 34 heavy (non-hydrogen) atoms. The maximum absolute atomic E-state index is 13.2. The molecule has 0 saturated carbocycles. The summed E-state index contributed by atoms with van der Waals surface area (Å²) in [7, 11) is 0. The van der Waals surface area contributed by atoms with Gasteiger partial charge in [0.15, 0.2) is 0 Å². The molecular weight excluding hydrogens is 461 g/mol. The Morgan fingerprint density at radius 3 is 2.53 bits per heavy atom. The number of ether oxygens (including phenoxy) is 1. The van der Waals surface area contributed by atoms with Crippen LogP contribution >= 0.6 is 11.3 Å². The third kappa shape index (κ3) is 5.38. The number of thiophene rings is 1. The van der Waals surface area contributed by atoms with E-state index >= 15 is 0 Å². The highest BCUT2D eigenvalue weighted by Crippen LogP contribution is 2.34. The number of nitrogens with one attached hydrogen (secondary N) is 1. The Kier molecular flexibility index (Phi) is 6.49. The molecule has 0 unspecified atom stereocenters. The van der Waals surface area contributed by atoms with Crippen molar-refractivity contribution in [1.82, 2.24) is 14.9 Å². The Balaban J connectivity index is 1.50. The van der Waals surface area contributed by atoms with Crippen molar-refractivity contribution in [2.24, 2.45) is 0 Å². The second-order valence-electron chi connectivity index (χ2n) is 8.17. The lowest BCUT2D eigenvalue weighted by Crippen LogP contribution is -2.36. The molecule has 9 heteroatoms. The molecule has 0 radical (unpaired) electrons. The second kappa shape index (κ2) is 9.69. The summed E-state index contributed by atoms with van der Waals surface area (Å²) in [6.07, 6.45) is -3.66. The van der Waals surface area contributed by atoms with Gasteiger partial charge in [0.1, 0.15) is 16.5 Å². The third-order valence-electron chi connectivity index (χ3n) is 5.63. The van der Waals surface area contributed by atoms with E-state index in [1.165, 1.54) is 11.6 Å². The quantitative estimate of drug-likeness (QED) is 0.371. The van der Waals surface area contributed by atoms with E-state index in [0.717, 1.165) is 46.7 Å². The van der Waals surface area contributed by atoms with Crippen LogP contribution in [0.15, 0.2) is 60.7 Å². The largest absolute Gasteiger partial charge is 0.416 e. The van der Waals surface area contributed by atoms with Crippen LogP contribution in [0.2, 0.25) is 0 Å². The Morgan fingerprint density at radius 1 is 0.971 bits per heavy atom. The minimum absolute atomic E-state index is 0.336. The van der Waals surface area contributed by atoms with Gasteiger partial charge < -0.3 is 10.1 Å². The number of hydrogen-bond donors (Lipinski definition) is 1. The Labute approximate surface area is 199 Å². The van der Waals surface area contributed by atoms with Crippen molar-refractivity contribution in [1.29, 1.82) is 0 Å². The van der Waals surface area contributed by atoms with Gasteiger partial charge in [0.05, 0.1) is 30.7 Å². The lowest BCUT2D eigenvalue weighted by atomic mass is 10.1. The SMILES string of the molecule is FC(F)(F)c1cccc(Nc2nc(CN3CCOCC3)nc3sc(Cc4ccccc4)cc23)c1. The first kappa shape index (κ1) is 22.8. The Bertz CT molecular complexity index is 1270. The van der Waals surface area contributed by atoms with E-state index in [4.69, 9.17) is 14.7 Å². The van der Waals surface area contributed by atoms with Gasteiger partial charge in [-0.3, -0.25) is 4.90 Å². The maximum Gasteiger partial charge on any atom is 0.416 e. The standard InChI is InChI=1S/C25H23F3N4OS/c26-25(27,28)18-7-4-8-19(14-18)29-23-21-15-20(13-17-5-2-1-3-6-17)34-24(21)31-22(30-23)16-32-9-11-33-12-10-32/h1-8,14-15H,9-13,16H2,(H,29,30,31). The summed E-state index contributed by atoms with van der Waals surface area (Å²) in [6.45, 7) is 3.47. The van der Waals surface area contributed by atoms with Gasteiger partial charge in [0.25, 0.3) is 0 Å². The summed E-state index contributed by atoms with van der Waals surface area (Å²) >= 11 is 1.59. The van der Waals surface area contributed by atoms with Gasteiger partial charge in [-0.15, -0.1) is 11.3 Å². The van der Waals surface area contributed by atoms with Gasteiger partial charge >= 0.3 is 6.18 Å². The van der Waals surface area contributed by atoms with Crippen LogP contribution in [0.5, 0.6) is 0 Å². The first-order valence-corrected chi connectivity index (χ1v) is 11.8. The van der Waals surface area contributed by atoms with Gasteiger partial charge in [-0.1, -0.05) is 36.4 Å². The van der Waals surface area contributed by atoms with E-state index in [1.807, 2.05) is 24.3 Å². The monoisotopic (exact) mass is 484 g/mol. The third-order valence-corrected chi connectivity index (χ3v) is 6.66. The zero-order valence-corrected chi connectivity index (χ0v) is 19.1. The van der Waals surface area contributed by atoms with Crippen molar-refractivity contribution in [3.8, 4) is 0 Å². The number of hydrogen-bond acceptors (Lipinski definition) is 6. The molecule has 5 rings (SSSR count). The number of benzene rings is 2. The van der Waals surface area contributed by atoms with Gasteiger partial charge in [-0.25, -0.2) is 9.97 Å². The highest BCUT2D eigenvalue weighted by Gasteiger charge is 2.30. The second-order valence-corrected chi connectivity index (χ2v) is 9.29. The predicted octanol–water partition coefficient (Wildman–Crippen LogP) is 5.88. The first-order valence-electron chi connectivity index (χ1n) is 11.0. The molecule has 1 fully saturated rings. The average Bonchev–Trinajstić information content (AvgIpc) is 3.23. The number of nitrogens with zero attached hydrogens (tertiary/aromatic N) is 3. The molecule has 176 valence electrons. The van der Waals surface area contributed by atoms with E-state index in [9.17, 15) is 13.2 Å². The van der Waals surface area contributed by atoms with Gasteiger partial charge in [0, 0.05) is 30.1 Å². The summed E-state index contributed by atoms with van der Waals surface area (Å²) in [4.78, 5) is 13.7. The molecule has 1 aliphatic heterocycles. The lowest BCUT2D eigenvalue weighted by molar-refractivity contribution is -0.137. The van der Waals surface area contributed by atoms with Crippen LogP contribution in [-0.4, -0.2) is 41.2 Å². The highest BCUT2D eigenvalue weighted by molar-refractivity contribution is 7.18. The van der Waals surface area contributed by atoms with Crippen LogP contribution in [0, 0.1) is 0 Å². The number of aromatic nitrogens is 2. The normalized spacial score (nSPS) is 15.0. The fourth-order valence-electron chi connectivity index (χ4n) is 3.93. The van der Waals surface area contributed by atoms with Gasteiger partial charge in [-0.05, 0) is 29.8 Å². The van der Waals surface area contributed by atoms with Crippen molar-refractivity contribution < 1.29 is 17.9 Å². The molecule has 4 aromatic rings.